The van der Waals surface area contributed by atoms with Gasteiger partial charge in [-0.05, 0) is 55.2 Å². The van der Waals surface area contributed by atoms with Gasteiger partial charge in [0.15, 0.2) is 0 Å². The van der Waals surface area contributed by atoms with Crippen molar-refractivity contribution in [3.8, 4) is 0 Å². The average Bonchev–Trinajstić information content (AvgIpc) is 3.21. The summed E-state index contributed by atoms with van der Waals surface area (Å²) >= 11 is 0. The van der Waals surface area contributed by atoms with Crippen LogP contribution < -0.4 is 10.6 Å². The molecule has 136 valence electrons. The predicted molar refractivity (Wildman–Crippen MR) is 105 cm³/mol. The van der Waals surface area contributed by atoms with Crippen molar-refractivity contribution < 1.29 is 9.59 Å². The summed E-state index contributed by atoms with van der Waals surface area (Å²) in [5.41, 5.74) is 3.49. The van der Waals surface area contributed by atoms with Gasteiger partial charge in [-0.15, -0.1) is 0 Å². The number of anilines is 2. The molecule has 5 heteroatoms. The third-order valence-corrected chi connectivity index (χ3v) is 4.65. The van der Waals surface area contributed by atoms with Crippen LogP contribution in [0.2, 0.25) is 0 Å². The molecule has 2 amide bonds. The number of hydrogen-bond donors (Lipinski definition) is 2. The number of hydrogen-bond acceptors (Lipinski definition) is 3. The fourth-order valence-corrected chi connectivity index (χ4v) is 3.16. The van der Waals surface area contributed by atoms with Gasteiger partial charge in [0.2, 0.25) is 5.91 Å². The third kappa shape index (κ3) is 4.42. The number of amides is 2. The van der Waals surface area contributed by atoms with E-state index in [0.717, 1.165) is 49.3 Å². The highest BCUT2D eigenvalue weighted by Gasteiger charge is 2.19. The molecule has 5 nitrogen and oxygen atoms in total. The summed E-state index contributed by atoms with van der Waals surface area (Å²) in [6.45, 7) is 3.93. The highest BCUT2D eigenvalue weighted by atomic mass is 16.2. The van der Waals surface area contributed by atoms with E-state index in [1.807, 2.05) is 53.4 Å². The van der Waals surface area contributed by atoms with Crippen molar-refractivity contribution in [1.29, 1.82) is 0 Å². The zero-order valence-electron chi connectivity index (χ0n) is 15.1. The van der Waals surface area contributed by atoms with Crippen molar-refractivity contribution in [2.24, 2.45) is 0 Å². The quantitative estimate of drug-likeness (QED) is 0.837. The Morgan fingerprint density at radius 3 is 2.38 bits per heavy atom. The molecule has 0 aromatic heterocycles. The van der Waals surface area contributed by atoms with Crippen molar-refractivity contribution in [1.82, 2.24) is 4.90 Å². The van der Waals surface area contributed by atoms with E-state index in [9.17, 15) is 9.59 Å². The van der Waals surface area contributed by atoms with Gasteiger partial charge < -0.3 is 15.5 Å². The summed E-state index contributed by atoms with van der Waals surface area (Å²) in [7, 11) is 0. The number of para-hydroxylation sites is 1. The van der Waals surface area contributed by atoms with Gasteiger partial charge in [-0.1, -0.05) is 25.1 Å². The lowest BCUT2D eigenvalue weighted by Crippen LogP contribution is -2.27. The van der Waals surface area contributed by atoms with Crippen LogP contribution in [-0.4, -0.2) is 36.3 Å². The maximum Gasteiger partial charge on any atom is 0.253 e. The minimum absolute atomic E-state index is 0.0861. The van der Waals surface area contributed by atoms with Crippen molar-refractivity contribution in [2.45, 2.75) is 26.2 Å². The van der Waals surface area contributed by atoms with Crippen LogP contribution in [0.1, 0.15) is 35.7 Å². The Bertz CT molecular complexity index is 765. The van der Waals surface area contributed by atoms with E-state index in [-0.39, 0.29) is 18.4 Å². The van der Waals surface area contributed by atoms with E-state index in [0.29, 0.717) is 5.56 Å². The molecule has 1 aliphatic heterocycles. The lowest BCUT2D eigenvalue weighted by molar-refractivity contribution is -0.114. The molecule has 2 N–H and O–H groups in total. The molecule has 2 aromatic rings. The van der Waals surface area contributed by atoms with E-state index in [4.69, 9.17) is 0 Å². The van der Waals surface area contributed by atoms with Crippen molar-refractivity contribution in [3.63, 3.8) is 0 Å². The van der Waals surface area contributed by atoms with E-state index in [1.165, 1.54) is 0 Å². The van der Waals surface area contributed by atoms with Gasteiger partial charge in [0.05, 0.1) is 6.54 Å². The Hall–Kier alpha value is -2.82. The highest BCUT2D eigenvalue weighted by molar-refractivity contribution is 5.95. The van der Waals surface area contributed by atoms with E-state index < -0.39 is 0 Å². The minimum Gasteiger partial charge on any atom is -0.376 e. The van der Waals surface area contributed by atoms with Gasteiger partial charge in [-0.2, -0.15) is 0 Å². The number of likely N-dealkylation sites (tertiary alicyclic amines) is 1. The van der Waals surface area contributed by atoms with Gasteiger partial charge in [0, 0.05) is 30.0 Å². The number of aryl methyl sites for hydroxylation is 1. The van der Waals surface area contributed by atoms with Crippen LogP contribution in [0.25, 0.3) is 0 Å². The zero-order chi connectivity index (χ0) is 18.4. The molecule has 1 aliphatic rings. The molecule has 1 fully saturated rings. The van der Waals surface area contributed by atoms with Gasteiger partial charge in [0.25, 0.3) is 5.91 Å². The molecule has 0 bridgehead atoms. The largest absolute Gasteiger partial charge is 0.376 e. The molecule has 0 spiro atoms. The normalized spacial score (nSPS) is 13.5. The highest BCUT2D eigenvalue weighted by Crippen LogP contribution is 2.17. The van der Waals surface area contributed by atoms with Crippen LogP contribution in [-0.2, 0) is 11.2 Å². The number of benzene rings is 2. The van der Waals surface area contributed by atoms with Crippen molar-refractivity contribution >= 4 is 23.2 Å². The van der Waals surface area contributed by atoms with E-state index in [2.05, 4.69) is 17.6 Å². The van der Waals surface area contributed by atoms with Crippen LogP contribution in [0.3, 0.4) is 0 Å². The maximum absolute atomic E-state index is 12.3. The molecule has 0 aliphatic carbocycles. The van der Waals surface area contributed by atoms with Crippen LogP contribution in [0.5, 0.6) is 0 Å². The predicted octanol–water partition coefficient (Wildman–Crippen LogP) is 3.54. The second-order valence-electron chi connectivity index (χ2n) is 6.49. The molecular formula is C21H25N3O2. The Morgan fingerprint density at radius 1 is 1.00 bits per heavy atom. The van der Waals surface area contributed by atoms with Gasteiger partial charge in [0.1, 0.15) is 0 Å². The maximum atomic E-state index is 12.3. The zero-order valence-corrected chi connectivity index (χ0v) is 15.1. The first-order chi connectivity index (χ1) is 12.7. The van der Waals surface area contributed by atoms with Gasteiger partial charge in [-0.25, -0.2) is 0 Å². The van der Waals surface area contributed by atoms with Crippen LogP contribution in [0.15, 0.2) is 48.5 Å². The number of nitrogens with zero attached hydrogens (tertiary/aromatic N) is 1. The van der Waals surface area contributed by atoms with Gasteiger partial charge >= 0.3 is 0 Å². The molecule has 26 heavy (non-hydrogen) atoms. The Kier molecular flexibility index (Phi) is 5.89. The SMILES string of the molecule is CCc1ccccc1NC(=O)CNc1ccc(C(=O)N2CCCC2)cc1. The number of carbonyl (C=O) groups is 2. The molecule has 0 saturated carbocycles. The Balaban J connectivity index is 1.53. The lowest BCUT2D eigenvalue weighted by Gasteiger charge is -2.15. The fraction of sp³-hybridized carbons (Fsp3) is 0.333. The van der Waals surface area contributed by atoms with Crippen molar-refractivity contribution in [3.05, 3.63) is 59.7 Å². The first-order valence-electron chi connectivity index (χ1n) is 9.18. The lowest BCUT2D eigenvalue weighted by atomic mass is 10.1. The topological polar surface area (TPSA) is 61.4 Å². The molecule has 3 rings (SSSR count). The standard InChI is InChI=1S/C21H25N3O2/c1-2-16-7-3-4-8-19(16)23-20(25)15-22-18-11-9-17(10-12-18)21(26)24-13-5-6-14-24/h3-4,7-12,22H,2,5-6,13-15H2,1H3,(H,23,25). The first kappa shape index (κ1) is 18.0. The summed E-state index contributed by atoms with van der Waals surface area (Å²) in [5, 5.41) is 6.04. The summed E-state index contributed by atoms with van der Waals surface area (Å²) in [6, 6.07) is 15.1. The van der Waals surface area contributed by atoms with E-state index in [1.54, 1.807) is 0 Å². The molecule has 2 aromatic carbocycles. The summed E-state index contributed by atoms with van der Waals surface area (Å²) in [4.78, 5) is 26.4. The number of carbonyl (C=O) groups excluding carboxylic acids is 2. The second kappa shape index (κ2) is 8.52. The minimum atomic E-state index is -0.0943. The molecule has 1 saturated heterocycles. The molecular weight excluding hydrogens is 326 g/mol. The number of nitrogens with one attached hydrogen (secondary N) is 2. The van der Waals surface area contributed by atoms with Crippen LogP contribution >= 0.6 is 0 Å². The monoisotopic (exact) mass is 351 g/mol. The van der Waals surface area contributed by atoms with Gasteiger partial charge in [-0.3, -0.25) is 9.59 Å². The molecule has 0 radical (unpaired) electrons. The van der Waals surface area contributed by atoms with E-state index >= 15 is 0 Å². The first-order valence-corrected chi connectivity index (χ1v) is 9.18. The summed E-state index contributed by atoms with van der Waals surface area (Å²) in [5.74, 6) is -0.00825. The molecule has 0 atom stereocenters. The van der Waals surface area contributed by atoms with Crippen LogP contribution in [0, 0.1) is 0 Å². The van der Waals surface area contributed by atoms with Crippen LogP contribution in [0.4, 0.5) is 11.4 Å². The molecule has 1 heterocycles. The Labute approximate surface area is 154 Å². The second-order valence-corrected chi connectivity index (χ2v) is 6.49. The Morgan fingerprint density at radius 2 is 1.69 bits per heavy atom. The average molecular weight is 351 g/mol. The number of rotatable bonds is 6. The summed E-state index contributed by atoms with van der Waals surface area (Å²) in [6.07, 6.45) is 3.04. The fourth-order valence-electron chi connectivity index (χ4n) is 3.16. The smallest absolute Gasteiger partial charge is 0.253 e. The third-order valence-electron chi connectivity index (χ3n) is 4.65. The summed E-state index contributed by atoms with van der Waals surface area (Å²) < 4.78 is 0. The van der Waals surface area contributed by atoms with Crippen molar-refractivity contribution in [2.75, 3.05) is 30.3 Å². The molecule has 0 unspecified atom stereocenters.